The van der Waals surface area contributed by atoms with E-state index in [4.69, 9.17) is 4.42 Å². The van der Waals surface area contributed by atoms with Crippen molar-refractivity contribution in [3.8, 4) is 0 Å². The summed E-state index contributed by atoms with van der Waals surface area (Å²) < 4.78 is 5.73. The van der Waals surface area contributed by atoms with E-state index in [1.54, 1.807) is 13.0 Å². The molecule has 1 aromatic heterocycles. The highest BCUT2D eigenvalue weighted by Crippen LogP contribution is 2.27. The van der Waals surface area contributed by atoms with E-state index in [-0.39, 0.29) is 5.43 Å². The lowest BCUT2D eigenvalue weighted by Crippen LogP contribution is -2.04. The maximum atomic E-state index is 12.0. The van der Waals surface area contributed by atoms with Crippen LogP contribution in [0, 0.1) is 6.92 Å². The number of aliphatic hydroxyl groups excluding tert-OH is 1. The first kappa shape index (κ1) is 13.2. The van der Waals surface area contributed by atoms with Gasteiger partial charge >= 0.3 is 0 Å². The maximum Gasteiger partial charge on any atom is 0.193 e. The molecule has 2 aromatic rings. The Kier molecular flexibility index (Phi) is 3.78. The minimum Gasteiger partial charge on any atom is -0.449 e. The van der Waals surface area contributed by atoms with Gasteiger partial charge in [-0.05, 0) is 37.3 Å². The third-order valence-electron chi connectivity index (χ3n) is 2.72. The number of benzene rings is 1. The molecule has 0 aliphatic carbocycles. The molecule has 0 amide bonds. The number of hydrogen-bond acceptors (Lipinski definition) is 4. The van der Waals surface area contributed by atoms with Gasteiger partial charge in [-0.1, -0.05) is 18.7 Å². The third kappa shape index (κ3) is 2.44. The monoisotopic (exact) mass is 264 g/mol. The summed E-state index contributed by atoms with van der Waals surface area (Å²) in [7, 11) is 0. The zero-order chi connectivity index (χ0) is 13.3. The SMILES string of the molecule is CCSc1cc(=O)c2cc(C)cc(C(C)O)c2o1. The molecule has 1 unspecified atom stereocenters. The van der Waals surface area contributed by atoms with Crippen LogP contribution in [0.25, 0.3) is 11.0 Å². The van der Waals surface area contributed by atoms with Crippen molar-refractivity contribution in [1.82, 2.24) is 0 Å². The molecule has 0 aliphatic heterocycles. The van der Waals surface area contributed by atoms with Crippen LogP contribution in [0.15, 0.2) is 32.5 Å². The number of fused-ring (bicyclic) bond motifs is 1. The Bertz CT molecular complexity index is 629. The number of rotatable bonds is 3. The summed E-state index contributed by atoms with van der Waals surface area (Å²) in [6, 6.07) is 5.17. The predicted molar refractivity (Wildman–Crippen MR) is 74.3 cm³/mol. The van der Waals surface area contributed by atoms with Gasteiger partial charge in [-0.3, -0.25) is 4.79 Å². The molecule has 2 rings (SSSR count). The maximum absolute atomic E-state index is 12.0. The minimum absolute atomic E-state index is 0.0576. The highest BCUT2D eigenvalue weighted by Gasteiger charge is 2.13. The average molecular weight is 264 g/mol. The van der Waals surface area contributed by atoms with Crippen LogP contribution in [0.5, 0.6) is 0 Å². The first-order valence-corrected chi connectivity index (χ1v) is 6.90. The van der Waals surface area contributed by atoms with Crippen LogP contribution in [0.3, 0.4) is 0 Å². The fourth-order valence-electron chi connectivity index (χ4n) is 1.94. The Morgan fingerprint density at radius 3 is 2.72 bits per heavy atom. The summed E-state index contributed by atoms with van der Waals surface area (Å²) in [5.41, 5.74) is 2.05. The lowest BCUT2D eigenvalue weighted by molar-refractivity contribution is 0.199. The van der Waals surface area contributed by atoms with Gasteiger partial charge in [0.25, 0.3) is 0 Å². The van der Waals surface area contributed by atoms with Crippen molar-refractivity contribution in [2.24, 2.45) is 0 Å². The molecular weight excluding hydrogens is 248 g/mol. The van der Waals surface area contributed by atoms with Crippen LogP contribution in [-0.2, 0) is 0 Å². The molecule has 18 heavy (non-hydrogen) atoms. The average Bonchev–Trinajstić information content (AvgIpc) is 2.29. The molecule has 0 saturated heterocycles. The molecule has 96 valence electrons. The molecule has 0 spiro atoms. The normalized spacial score (nSPS) is 12.9. The van der Waals surface area contributed by atoms with Crippen LogP contribution < -0.4 is 5.43 Å². The van der Waals surface area contributed by atoms with Crippen molar-refractivity contribution in [2.45, 2.75) is 32.0 Å². The zero-order valence-electron chi connectivity index (χ0n) is 10.7. The van der Waals surface area contributed by atoms with Crippen molar-refractivity contribution in [1.29, 1.82) is 0 Å². The van der Waals surface area contributed by atoms with E-state index in [1.165, 1.54) is 17.8 Å². The molecular formula is C14H16O3S. The van der Waals surface area contributed by atoms with Gasteiger partial charge in [-0.15, -0.1) is 0 Å². The van der Waals surface area contributed by atoms with Crippen LogP contribution in [0.4, 0.5) is 0 Å². The van der Waals surface area contributed by atoms with E-state index in [9.17, 15) is 9.90 Å². The molecule has 1 N–H and O–H groups in total. The molecule has 0 saturated carbocycles. The molecule has 0 fully saturated rings. The van der Waals surface area contributed by atoms with Crippen molar-refractivity contribution in [3.05, 3.63) is 39.5 Å². The molecule has 1 aromatic carbocycles. The Morgan fingerprint density at radius 2 is 2.11 bits per heavy atom. The smallest absolute Gasteiger partial charge is 0.193 e. The topological polar surface area (TPSA) is 50.4 Å². The molecule has 0 radical (unpaired) electrons. The first-order chi connectivity index (χ1) is 8.52. The summed E-state index contributed by atoms with van der Waals surface area (Å²) in [5.74, 6) is 0.838. The number of aliphatic hydroxyl groups is 1. The Morgan fingerprint density at radius 1 is 1.39 bits per heavy atom. The van der Waals surface area contributed by atoms with Crippen molar-refractivity contribution in [2.75, 3.05) is 5.75 Å². The van der Waals surface area contributed by atoms with Crippen molar-refractivity contribution >= 4 is 22.7 Å². The minimum atomic E-state index is -0.655. The number of aryl methyl sites for hydroxylation is 1. The van der Waals surface area contributed by atoms with E-state index < -0.39 is 6.10 Å². The zero-order valence-corrected chi connectivity index (χ0v) is 11.5. The van der Waals surface area contributed by atoms with Gasteiger partial charge in [0.2, 0.25) is 0 Å². The van der Waals surface area contributed by atoms with Gasteiger partial charge in [-0.2, -0.15) is 0 Å². The number of thioether (sulfide) groups is 1. The summed E-state index contributed by atoms with van der Waals surface area (Å²) in [6.07, 6.45) is -0.655. The fraction of sp³-hybridized carbons (Fsp3) is 0.357. The molecule has 1 atom stereocenters. The molecule has 0 aliphatic rings. The quantitative estimate of drug-likeness (QED) is 0.864. The summed E-state index contributed by atoms with van der Waals surface area (Å²) in [6.45, 7) is 5.58. The first-order valence-electron chi connectivity index (χ1n) is 5.92. The van der Waals surface area contributed by atoms with E-state index >= 15 is 0 Å². The van der Waals surface area contributed by atoms with Crippen LogP contribution >= 0.6 is 11.8 Å². The van der Waals surface area contributed by atoms with Crippen molar-refractivity contribution in [3.63, 3.8) is 0 Å². The summed E-state index contributed by atoms with van der Waals surface area (Å²) in [4.78, 5) is 12.0. The summed E-state index contributed by atoms with van der Waals surface area (Å²) in [5, 5.41) is 10.9. The third-order valence-corrected chi connectivity index (χ3v) is 3.49. The lowest BCUT2D eigenvalue weighted by Gasteiger charge is -2.10. The fourth-order valence-corrected chi connectivity index (χ4v) is 2.55. The van der Waals surface area contributed by atoms with E-state index in [1.807, 2.05) is 19.9 Å². The highest BCUT2D eigenvalue weighted by molar-refractivity contribution is 7.99. The van der Waals surface area contributed by atoms with Gasteiger partial charge < -0.3 is 9.52 Å². The molecule has 1 heterocycles. The number of hydrogen-bond donors (Lipinski definition) is 1. The largest absolute Gasteiger partial charge is 0.449 e. The van der Waals surface area contributed by atoms with Gasteiger partial charge in [0.1, 0.15) is 5.58 Å². The summed E-state index contributed by atoms with van der Waals surface area (Å²) >= 11 is 1.48. The van der Waals surface area contributed by atoms with E-state index in [0.717, 1.165) is 11.3 Å². The second-order valence-corrected chi connectivity index (χ2v) is 5.54. The second-order valence-electron chi connectivity index (χ2n) is 4.27. The van der Waals surface area contributed by atoms with E-state index in [0.29, 0.717) is 21.6 Å². The van der Waals surface area contributed by atoms with Gasteiger partial charge in [0, 0.05) is 11.6 Å². The molecule has 4 heteroatoms. The van der Waals surface area contributed by atoms with E-state index in [2.05, 4.69) is 0 Å². The molecule has 3 nitrogen and oxygen atoms in total. The Balaban J connectivity index is 2.79. The lowest BCUT2D eigenvalue weighted by atomic mass is 10.0. The standard InChI is InChI=1S/C14H16O3S/c1-4-18-13-7-12(16)11-6-8(2)5-10(9(3)15)14(11)17-13/h5-7,9,15H,4H2,1-3H3. The Hall–Kier alpha value is -1.26. The van der Waals surface area contributed by atoms with Gasteiger partial charge in [0.05, 0.1) is 11.5 Å². The van der Waals surface area contributed by atoms with Gasteiger partial charge in [-0.25, -0.2) is 0 Å². The molecule has 0 bridgehead atoms. The van der Waals surface area contributed by atoms with Crippen molar-refractivity contribution < 1.29 is 9.52 Å². The van der Waals surface area contributed by atoms with Gasteiger partial charge in [0.15, 0.2) is 10.5 Å². The second kappa shape index (κ2) is 5.16. The van der Waals surface area contributed by atoms with Crippen LogP contribution in [0.1, 0.15) is 31.1 Å². The predicted octanol–water partition coefficient (Wildman–Crippen LogP) is 3.27. The Labute approximate surface area is 110 Å². The van der Waals surface area contributed by atoms with Crippen LogP contribution in [-0.4, -0.2) is 10.9 Å². The highest BCUT2D eigenvalue weighted by atomic mass is 32.2. The van der Waals surface area contributed by atoms with Crippen LogP contribution in [0.2, 0.25) is 0 Å².